The van der Waals surface area contributed by atoms with Gasteiger partial charge >= 0.3 is 6.18 Å². The fraction of sp³-hybridized carbons (Fsp3) is 0.739. The highest BCUT2D eigenvalue weighted by Gasteiger charge is 2.40. The van der Waals surface area contributed by atoms with Gasteiger partial charge in [-0.05, 0) is 81.3 Å². The summed E-state index contributed by atoms with van der Waals surface area (Å²) >= 11 is 0. The van der Waals surface area contributed by atoms with Crippen LogP contribution in [-0.4, -0.2) is 13.2 Å². The fourth-order valence-electron chi connectivity index (χ4n) is 4.98. The zero-order chi connectivity index (χ0) is 21.0. The van der Waals surface area contributed by atoms with E-state index in [0.717, 1.165) is 43.4 Å². The molecule has 0 saturated heterocycles. The highest BCUT2D eigenvalue weighted by molar-refractivity contribution is 5.44. The lowest BCUT2D eigenvalue weighted by molar-refractivity contribution is -0.141. The van der Waals surface area contributed by atoms with Crippen molar-refractivity contribution < 1.29 is 27.0 Å². The molecule has 1 aromatic carbocycles. The molecule has 0 radical (unpaired) electrons. The van der Waals surface area contributed by atoms with Crippen LogP contribution >= 0.6 is 0 Å². The molecule has 0 bridgehead atoms. The van der Waals surface area contributed by atoms with Gasteiger partial charge in [0.25, 0.3) is 0 Å². The summed E-state index contributed by atoms with van der Waals surface area (Å²) in [7, 11) is 0. The molecule has 164 valence electrons. The minimum Gasteiger partial charge on any atom is -0.493 e. The molecule has 0 unspecified atom stereocenters. The average molecular weight is 416 g/mol. The van der Waals surface area contributed by atoms with Gasteiger partial charge in [0.1, 0.15) is 11.3 Å². The number of rotatable bonds is 6. The van der Waals surface area contributed by atoms with E-state index in [4.69, 9.17) is 9.47 Å². The summed E-state index contributed by atoms with van der Waals surface area (Å²) in [6.45, 7) is 4.22. The van der Waals surface area contributed by atoms with Crippen LogP contribution < -0.4 is 9.47 Å². The number of alkyl halides is 3. The summed E-state index contributed by atoms with van der Waals surface area (Å²) in [5, 5.41) is 0. The van der Waals surface area contributed by atoms with Crippen LogP contribution in [0.15, 0.2) is 12.1 Å². The Bertz CT molecular complexity index is 658. The highest BCUT2D eigenvalue weighted by atomic mass is 19.4. The second-order valence-electron chi connectivity index (χ2n) is 8.79. The van der Waals surface area contributed by atoms with E-state index in [0.29, 0.717) is 0 Å². The molecule has 29 heavy (non-hydrogen) atoms. The van der Waals surface area contributed by atoms with Crippen LogP contribution in [0.25, 0.3) is 0 Å². The van der Waals surface area contributed by atoms with Gasteiger partial charge in [-0.3, -0.25) is 0 Å². The van der Waals surface area contributed by atoms with Crippen LogP contribution in [0.2, 0.25) is 0 Å². The maximum absolute atomic E-state index is 14.3. The van der Waals surface area contributed by atoms with Gasteiger partial charge in [-0.25, -0.2) is 4.39 Å². The maximum atomic E-state index is 14.3. The molecule has 0 N–H and O–H groups in total. The summed E-state index contributed by atoms with van der Waals surface area (Å²) < 4.78 is 65.0. The van der Waals surface area contributed by atoms with E-state index in [1.165, 1.54) is 37.8 Å². The lowest BCUT2D eigenvalue weighted by atomic mass is 9.69. The molecule has 2 aliphatic rings. The number of ether oxygens (including phenoxy) is 2. The molecule has 0 heterocycles. The topological polar surface area (TPSA) is 18.5 Å². The van der Waals surface area contributed by atoms with Crippen molar-refractivity contribution in [3.8, 4) is 11.5 Å². The first-order valence-corrected chi connectivity index (χ1v) is 10.9. The Morgan fingerprint density at radius 1 is 0.862 bits per heavy atom. The first kappa shape index (κ1) is 22.2. The Labute approximate surface area is 171 Å². The molecular formula is C23H32F4O2. The molecule has 0 atom stereocenters. The van der Waals surface area contributed by atoms with E-state index in [-0.39, 0.29) is 19.1 Å². The van der Waals surface area contributed by atoms with Crippen LogP contribution in [0.4, 0.5) is 17.6 Å². The van der Waals surface area contributed by atoms with Crippen molar-refractivity contribution in [2.75, 3.05) is 13.2 Å². The van der Waals surface area contributed by atoms with E-state index >= 15 is 0 Å². The zero-order valence-corrected chi connectivity index (χ0v) is 17.4. The highest BCUT2D eigenvalue weighted by Crippen LogP contribution is 2.43. The molecule has 1 aromatic rings. The van der Waals surface area contributed by atoms with Gasteiger partial charge in [0.2, 0.25) is 0 Å². The van der Waals surface area contributed by atoms with Crippen LogP contribution in [0.3, 0.4) is 0 Å². The maximum Gasteiger partial charge on any atom is 0.422 e. The van der Waals surface area contributed by atoms with Gasteiger partial charge in [-0.15, -0.1) is 0 Å². The average Bonchev–Trinajstić information content (AvgIpc) is 2.68. The Balaban J connectivity index is 1.57. The lowest BCUT2D eigenvalue weighted by Gasteiger charge is -2.37. The second kappa shape index (κ2) is 9.57. The lowest BCUT2D eigenvalue weighted by Crippen LogP contribution is -2.27. The molecule has 6 heteroatoms. The molecule has 0 aromatic heterocycles. The second-order valence-corrected chi connectivity index (χ2v) is 8.79. The summed E-state index contributed by atoms with van der Waals surface area (Å²) in [6, 6.07) is 2.39. The van der Waals surface area contributed by atoms with Crippen molar-refractivity contribution in [2.24, 2.45) is 23.7 Å². The summed E-state index contributed by atoms with van der Waals surface area (Å²) in [5.41, 5.74) is -1.37. The van der Waals surface area contributed by atoms with Crippen molar-refractivity contribution in [3.05, 3.63) is 23.5 Å². The van der Waals surface area contributed by atoms with Gasteiger partial charge < -0.3 is 9.47 Å². The predicted molar refractivity (Wildman–Crippen MR) is 105 cm³/mol. The predicted octanol–water partition coefficient (Wildman–Crippen LogP) is 7.25. The minimum atomic E-state index is -4.83. The van der Waals surface area contributed by atoms with E-state index in [9.17, 15) is 17.6 Å². The third kappa shape index (κ3) is 5.58. The normalized spacial score (nSPS) is 28.2. The molecule has 2 saturated carbocycles. The fourth-order valence-corrected chi connectivity index (χ4v) is 4.98. The largest absolute Gasteiger partial charge is 0.493 e. The van der Waals surface area contributed by atoms with Crippen molar-refractivity contribution in [3.63, 3.8) is 0 Å². The molecular weight excluding hydrogens is 384 g/mol. The number of hydrogen-bond donors (Lipinski definition) is 0. The van der Waals surface area contributed by atoms with Crippen LogP contribution in [0, 0.1) is 29.5 Å². The monoisotopic (exact) mass is 416 g/mol. The SMILES string of the molecule is CCOc1ccc(OCC2CCC(C3CCC(C)CC3)CC2)c(C(F)(F)F)c1F. The van der Waals surface area contributed by atoms with Crippen LogP contribution in [-0.2, 0) is 6.18 Å². The molecule has 2 fully saturated rings. The molecule has 0 amide bonds. The molecule has 2 nitrogen and oxygen atoms in total. The smallest absolute Gasteiger partial charge is 0.422 e. The van der Waals surface area contributed by atoms with E-state index in [2.05, 4.69) is 6.92 Å². The molecule has 3 rings (SSSR count). The van der Waals surface area contributed by atoms with Crippen LogP contribution in [0.1, 0.15) is 70.8 Å². The quantitative estimate of drug-likeness (QED) is 0.455. The Morgan fingerprint density at radius 2 is 1.41 bits per heavy atom. The third-order valence-electron chi connectivity index (χ3n) is 6.74. The van der Waals surface area contributed by atoms with E-state index < -0.39 is 29.1 Å². The van der Waals surface area contributed by atoms with Gasteiger partial charge in [-0.2, -0.15) is 13.2 Å². The van der Waals surface area contributed by atoms with Gasteiger partial charge in [-0.1, -0.05) is 19.8 Å². The minimum absolute atomic E-state index is 0.0948. The van der Waals surface area contributed by atoms with Gasteiger partial charge in [0.05, 0.1) is 13.2 Å². The van der Waals surface area contributed by atoms with Crippen molar-refractivity contribution in [1.29, 1.82) is 0 Å². The zero-order valence-electron chi connectivity index (χ0n) is 17.4. The van der Waals surface area contributed by atoms with E-state index in [1.807, 2.05) is 0 Å². The van der Waals surface area contributed by atoms with Gasteiger partial charge in [0, 0.05) is 0 Å². The third-order valence-corrected chi connectivity index (χ3v) is 6.74. The van der Waals surface area contributed by atoms with Crippen molar-refractivity contribution >= 4 is 0 Å². The number of hydrogen-bond acceptors (Lipinski definition) is 2. The Kier molecular flexibility index (Phi) is 7.33. The number of halogens is 4. The molecule has 0 aliphatic heterocycles. The molecule has 2 aliphatic carbocycles. The summed E-state index contributed by atoms with van der Waals surface area (Å²) in [6.07, 6.45) is 4.61. The molecule has 0 spiro atoms. The van der Waals surface area contributed by atoms with Crippen molar-refractivity contribution in [2.45, 2.75) is 71.4 Å². The number of benzene rings is 1. The van der Waals surface area contributed by atoms with Crippen LogP contribution in [0.5, 0.6) is 11.5 Å². The Morgan fingerprint density at radius 3 is 1.97 bits per heavy atom. The Hall–Kier alpha value is -1.46. The standard InChI is InChI=1S/C23H32F4O2/c1-3-28-20-13-12-19(21(22(20)24)23(25,26)27)29-14-16-6-10-18(11-7-16)17-8-4-15(2)5-9-17/h12-13,15-18H,3-11,14H2,1-2H3. The first-order valence-electron chi connectivity index (χ1n) is 10.9. The summed E-state index contributed by atoms with van der Waals surface area (Å²) in [5.74, 6) is 0.388. The van der Waals surface area contributed by atoms with Crippen molar-refractivity contribution in [1.82, 2.24) is 0 Å². The summed E-state index contributed by atoms with van der Waals surface area (Å²) in [4.78, 5) is 0. The first-order chi connectivity index (χ1) is 13.8. The van der Waals surface area contributed by atoms with E-state index in [1.54, 1.807) is 6.92 Å². The van der Waals surface area contributed by atoms with Gasteiger partial charge in [0.15, 0.2) is 11.6 Å².